The topological polar surface area (TPSA) is 69.0 Å². The van der Waals surface area contributed by atoms with E-state index in [9.17, 15) is 18.0 Å². The van der Waals surface area contributed by atoms with Gasteiger partial charge in [-0.15, -0.1) is 0 Å². The molecule has 1 N–H and O–H groups in total. The van der Waals surface area contributed by atoms with Crippen molar-refractivity contribution in [3.05, 3.63) is 47.7 Å². The first kappa shape index (κ1) is 24.0. The molecule has 0 spiro atoms. The average molecular weight is 478 g/mol. The maximum atomic E-state index is 15.2. The Bertz CT molecular complexity index is 1200. The van der Waals surface area contributed by atoms with Crippen LogP contribution in [0.2, 0.25) is 0 Å². The Labute approximate surface area is 194 Å². The van der Waals surface area contributed by atoms with E-state index < -0.39 is 29.3 Å². The van der Waals surface area contributed by atoms with Crippen LogP contribution in [0.1, 0.15) is 61.8 Å². The molecule has 1 amide bonds. The number of halogens is 4. The van der Waals surface area contributed by atoms with Gasteiger partial charge in [-0.25, -0.2) is 9.37 Å². The molecule has 2 heterocycles. The lowest BCUT2D eigenvalue weighted by atomic mass is 9.80. The quantitative estimate of drug-likeness (QED) is 0.441. The Morgan fingerprint density at radius 2 is 1.91 bits per heavy atom. The van der Waals surface area contributed by atoms with Crippen LogP contribution in [0.4, 0.5) is 23.2 Å². The molecule has 4 rings (SSSR count). The number of rotatable bonds is 5. The number of methoxy groups -OCH3 is 1. The zero-order valence-corrected chi connectivity index (χ0v) is 19.1. The van der Waals surface area contributed by atoms with Gasteiger partial charge in [0, 0.05) is 11.6 Å². The monoisotopic (exact) mass is 478 g/mol. The van der Waals surface area contributed by atoms with Crippen LogP contribution in [-0.4, -0.2) is 27.8 Å². The van der Waals surface area contributed by atoms with Gasteiger partial charge in [-0.3, -0.25) is 9.48 Å². The largest absolute Gasteiger partial charge is 0.491 e. The fourth-order valence-electron chi connectivity index (χ4n) is 4.55. The zero-order chi connectivity index (χ0) is 24.6. The first-order valence-corrected chi connectivity index (χ1v) is 11.2. The highest BCUT2D eigenvalue weighted by Gasteiger charge is 2.33. The third-order valence-electron chi connectivity index (χ3n) is 6.49. The summed E-state index contributed by atoms with van der Waals surface area (Å²) >= 11 is 0. The van der Waals surface area contributed by atoms with E-state index in [1.807, 2.05) is 0 Å². The number of hydrogen-bond acceptors (Lipinski definition) is 4. The summed E-state index contributed by atoms with van der Waals surface area (Å²) in [6, 6.07) is 4.67. The number of hydrogen-bond donors (Lipinski definition) is 1. The molecule has 1 aliphatic rings. The van der Waals surface area contributed by atoms with Gasteiger partial charge in [-0.2, -0.15) is 18.3 Å². The van der Waals surface area contributed by atoms with Crippen molar-refractivity contribution in [1.29, 1.82) is 0 Å². The molecule has 3 aromatic rings. The third kappa shape index (κ3) is 4.71. The summed E-state index contributed by atoms with van der Waals surface area (Å²) in [7, 11) is 1.24. The Balaban J connectivity index is 1.62. The summed E-state index contributed by atoms with van der Waals surface area (Å²) in [4.78, 5) is 16.0. The van der Waals surface area contributed by atoms with Crippen LogP contribution in [0, 0.1) is 17.7 Å². The average Bonchev–Trinajstić information content (AvgIpc) is 3.23. The molecule has 1 fully saturated rings. The number of ether oxygens (including phenoxy) is 1. The summed E-state index contributed by atoms with van der Waals surface area (Å²) in [6.07, 6.45) is 1.09. The first-order chi connectivity index (χ1) is 16.1. The van der Waals surface area contributed by atoms with E-state index in [1.54, 1.807) is 10.9 Å². The Kier molecular flexibility index (Phi) is 6.51. The van der Waals surface area contributed by atoms with Crippen LogP contribution in [-0.2, 0) is 6.18 Å². The highest BCUT2D eigenvalue weighted by atomic mass is 19.4. The van der Waals surface area contributed by atoms with Crippen LogP contribution in [0.5, 0.6) is 5.75 Å². The number of fused-ring (bicyclic) bond motifs is 1. The third-order valence-corrected chi connectivity index (χ3v) is 6.49. The number of carbonyl (C=O) groups excluding carboxylic acids is 1. The number of amides is 1. The van der Waals surface area contributed by atoms with Crippen molar-refractivity contribution in [2.24, 2.45) is 11.8 Å². The Hall–Kier alpha value is -3.17. The van der Waals surface area contributed by atoms with E-state index in [-0.39, 0.29) is 23.0 Å². The number of pyridine rings is 1. The SMILES string of the molecule is COc1c(NC(=O)c2cccc(C(F)(F)F)n2)cc2cn([C@H]3CC[C@H](C(C)C)CC3)nc2c1F. The van der Waals surface area contributed by atoms with Gasteiger partial charge in [0.15, 0.2) is 11.6 Å². The molecule has 2 aromatic heterocycles. The van der Waals surface area contributed by atoms with Crippen molar-refractivity contribution in [2.45, 2.75) is 51.7 Å². The minimum atomic E-state index is -4.69. The molecule has 182 valence electrons. The molecular weight excluding hydrogens is 452 g/mol. The highest BCUT2D eigenvalue weighted by molar-refractivity contribution is 6.05. The van der Waals surface area contributed by atoms with Crippen molar-refractivity contribution in [3.63, 3.8) is 0 Å². The zero-order valence-electron chi connectivity index (χ0n) is 19.1. The fourth-order valence-corrected chi connectivity index (χ4v) is 4.55. The predicted octanol–water partition coefficient (Wildman–Crippen LogP) is 6.24. The molecular formula is C24H26F4N4O2. The van der Waals surface area contributed by atoms with Gasteiger partial charge in [0.2, 0.25) is 0 Å². The van der Waals surface area contributed by atoms with Gasteiger partial charge in [-0.05, 0) is 55.7 Å². The van der Waals surface area contributed by atoms with Crippen LogP contribution < -0.4 is 10.1 Å². The lowest BCUT2D eigenvalue weighted by Gasteiger charge is -2.30. The molecule has 1 saturated carbocycles. The minimum Gasteiger partial charge on any atom is -0.491 e. The second-order valence-corrected chi connectivity index (χ2v) is 8.99. The molecule has 0 atom stereocenters. The van der Waals surface area contributed by atoms with Crippen molar-refractivity contribution >= 4 is 22.5 Å². The second kappa shape index (κ2) is 9.23. The van der Waals surface area contributed by atoms with E-state index >= 15 is 4.39 Å². The van der Waals surface area contributed by atoms with E-state index in [0.717, 1.165) is 43.9 Å². The summed E-state index contributed by atoms with van der Waals surface area (Å²) in [6.45, 7) is 4.44. The summed E-state index contributed by atoms with van der Waals surface area (Å²) < 4.78 is 61.0. The smallest absolute Gasteiger partial charge is 0.433 e. The predicted molar refractivity (Wildman–Crippen MR) is 119 cm³/mol. The molecule has 34 heavy (non-hydrogen) atoms. The molecule has 0 saturated heterocycles. The van der Waals surface area contributed by atoms with Crippen molar-refractivity contribution in [3.8, 4) is 5.75 Å². The molecule has 0 aliphatic heterocycles. The normalized spacial score (nSPS) is 18.9. The number of carbonyl (C=O) groups is 1. The van der Waals surface area contributed by atoms with Gasteiger partial charge in [-0.1, -0.05) is 19.9 Å². The second-order valence-electron chi connectivity index (χ2n) is 8.99. The van der Waals surface area contributed by atoms with E-state index in [2.05, 4.69) is 29.2 Å². The van der Waals surface area contributed by atoms with Crippen LogP contribution in [0.15, 0.2) is 30.5 Å². The van der Waals surface area contributed by atoms with Crippen LogP contribution >= 0.6 is 0 Å². The minimum absolute atomic E-state index is 0.0141. The van der Waals surface area contributed by atoms with E-state index in [1.165, 1.54) is 13.2 Å². The van der Waals surface area contributed by atoms with Gasteiger partial charge < -0.3 is 10.1 Å². The molecule has 1 aromatic carbocycles. The lowest BCUT2D eigenvalue weighted by Crippen LogP contribution is -2.21. The number of alkyl halides is 3. The molecule has 1 aliphatic carbocycles. The first-order valence-electron chi connectivity index (χ1n) is 11.2. The van der Waals surface area contributed by atoms with Crippen LogP contribution in [0.25, 0.3) is 10.9 Å². The van der Waals surface area contributed by atoms with Gasteiger partial charge in [0.25, 0.3) is 5.91 Å². The maximum absolute atomic E-state index is 15.2. The molecule has 10 heteroatoms. The summed E-state index contributed by atoms with van der Waals surface area (Å²) in [5.74, 6) is -0.618. The number of aromatic nitrogens is 3. The van der Waals surface area contributed by atoms with Gasteiger partial charge >= 0.3 is 6.18 Å². The van der Waals surface area contributed by atoms with Crippen molar-refractivity contribution in [2.75, 3.05) is 12.4 Å². The van der Waals surface area contributed by atoms with Crippen molar-refractivity contribution in [1.82, 2.24) is 14.8 Å². The number of nitrogens with zero attached hydrogens (tertiary/aromatic N) is 3. The number of anilines is 1. The van der Waals surface area contributed by atoms with E-state index in [4.69, 9.17) is 4.74 Å². The Morgan fingerprint density at radius 1 is 1.21 bits per heavy atom. The maximum Gasteiger partial charge on any atom is 0.433 e. The lowest BCUT2D eigenvalue weighted by molar-refractivity contribution is -0.141. The van der Waals surface area contributed by atoms with Gasteiger partial charge in [0.1, 0.15) is 16.9 Å². The summed E-state index contributed by atoms with van der Waals surface area (Å²) in [5, 5.41) is 7.32. The fraction of sp³-hybridized carbons (Fsp3) is 0.458. The van der Waals surface area contributed by atoms with E-state index in [0.29, 0.717) is 17.2 Å². The highest BCUT2D eigenvalue weighted by Crippen LogP contribution is 2.38. The van der Waals surface area contributed by atoms with Crippen LogP contribution in [0.3, 0.4) is 0 Å². The summed E-state index contributed by atoms with van der Waals surface area (Å²) in [5.41, 5.74) is -1.55. The molecule has 0 radical (unpaired) electrons. The molecule has 0 bridgehead atoms. The number of benzene rings is 1. The van der Waals surface area contributed by atoms with Crippen molar-refractivity contribution < 1.29 is 27.1 Å². The molecule has 0 unspecified atom stereocenters. The molecule has 6 nitrogen and oxygen atoms in total. The number of nitrogens with one attached hydrogen (secondary N) is 1. The Morgan fingerprint density at radius 3 is 2.53 bits per heavy atom. The standard InChI is InChI=1S/C24H26F4N4O2/c1-13(2)14-7-9-16(10-8-14)32-12-15-11-18(22(34-3)20(25)21(15)31-32)30-23(33)17-5-4-6-19(29-17)24(26,27)28/h4-6,11-14,16H,7-10H2,1-3H3,(H,30,33)/t14-,16-. The van der Waals surface area contributed by atoms with Gasteiger partial charge in [0.05, 0.1) is 18.8 Å².